The van der Waals surface area contributed by atoms with Crippen LogP contribution in [-0.4, -0.2) is 49.9 Å². The van der Waals surface area contributed by atoms with Crippen LogP contribution >= 0.6 is 0 Å². The molecule has 0 saturated carbocycles. The molecule has 0 aromatic heterocycles. The molecule has 0 aliphatic rings. The van der Waals surface area contributed by atoms with E-state index in [1.165, 1.54) is 6.92 Å². The molecule has 6 heteroatoms. The van der Waals surface area contributed by atoms with Gasteiger partial charge in [0.1, 0.15) is 11.5 Å². The van der Waals surface area contributed by atoms with Gasteiger partial charge in [-0.3, -0.25) is 14.5 Å². The number of Topliss-reactive ketones (excluding diaryl/α,β-unsaturated/α-hetero) is 1. The number of carbonyl (C=O) groups excluding carboxylic acids is 2. The number of hydrogen-bond acceptors (Lipinski definition) is 5. The second-order valence-electron chi connectivity index (χ2n) is 6.69. The summed E-state index contributed by atoms with van der Waals surface area (Å²) in [5.41, 5.74) is 1.70. The Morgan fingerprint density at radius 1 is 1.03 bits per heavy atom. The van der Waals surface area contributed by atoms with Gasteiger partial charge in [-0.1, -0.05) is 26.0 Å². The molecule has 29 heavy (non-hydrogen) atoms. The molecule has 0 aliphatic heterocycles. The van der Waals surface area contributed by atoms with Crippen molar-refractivity contribution >= 4 is 11.7 Å². The quantitative estimate of drug-likeness (QED) is 0.587. The largest absolute Gasteiger partial charge is 0.497 e. The third-order valence-electron chi connectivity index (χ3n) is 4.86. The summed E-state index contributed by atoms with van der Waals surface area (Å²) in [6, 6.07) is 14.7. The van der Waals surface area contributed by atoms with Gasteiger partial charge in [0, 0.05) is 12.1 Å². The molecule has 1 amide bonds. The first-order valence-corrected chi connectivity index (χ1v) is 9.87. The molecule has 0 radical (unpaired) electrons. The lowest BCUT2D eigenvalue weighted by Crippen LogP contribution is -2.39. The molecular formula is C23H30N2O4. The normalized spacial score (nSPS) is 11.8. The highest BCUT2D eigenvalue weighted by Crippen LogP contribution is 2.23. The van der Waals surface area contributed by atoms with Gasteiger partial charge in [-0.25, -0.2) is 0 Å². The van der Waals surface area contributed by atoms with Crippen LogP contribution in [0.1, 0.15) is 42.7 Å². The van der Waals surface area contributed by atoms with Gasteiger partial charge >= 0.3 is 0 Å². The first kappa shape index (κ1) is 22.4. The third kappa shape index (κ3) is 6.61. The summed E-state index contributed by atoms with van der Waals surface area (Å²) in [4.78, 5) is 25.9. The van der Waals surface area contributed by atoms with Crippen LogP contribution in [0.3, 0.4) is 0 Å². The fraction of sp³-hybridized carbons (Fsp3) is 0.391. The maximum absolute atomic E-state index is 12.3. The summed E-state index contributed by atoms with van der Waals surface area (Å²) in [5, 5.41) is 2.97. The molecule has 1 N–H and O–H groups in total. The predicted octanol–water partition coefficient (Wildman–Crippen LogP) is 3.48. The maximum atomic E-state index is 12.3. The molecule has 0 bridgehead atoms. The molecule has 1 unspecified atom stereocenters. The van der Waals surface area contributed by atoms with Crippen molar-refractivity contribution < 1.29 is 19.1 Å². The number of hydrogen-bond donors (Lipinski definition) is 1. The van der Waals surface area contributed by atoms with Crippen LogP contribution in [0.15, 0.2) is 48.5 Å². The van der Waals surface area contributed by atoms with E-state index in [1.54, 1.807) is 31.4 Å². The number of nitrogens with one attached hydrogen (secondary N) is 1. The average Bonchev–Trinajstić information content (AvgIpc) is 2.75. The SMILES string of the molecule is CCN(CC)C(CNC(=O)COc1ccc(C(C)=O)cc1)c1cccc(OC)c1. The minimum absolute atomic E-state index is 0.00530. The van der Waals surface area contributed by atoms with Gasteiger partial charge < -0.3 is 14.8 Å². The monoisotopic (exact) mass is 398 g/mol. The highest BCUT2D eigenvalue weighted by Gasteiger charge is 2.19. The van der Waals surface area contributed by atoms with Crippen molar-refractivity contribution in [1.82, 2.24) is 10.2 Å². The summed E-state index contributed by atoms with van der Waals surface area (Å²) >= 11 is 0. The number of benzene rings is 2. The van der Waals surface area contributed by atoms with E-state index in [2.05, 4.69) is 24.1 Å². The van der Waals surface area contributed by atoms with Crippen molar-refractivity contribution in [2.75, 3.05) is 33.4 Å². The van der Waals surface area contributed by atoms with E-state index < -0.39 is 0 Å². The van der Waals surface area contributed by atoms with Gasteiger partial charge in [-0.2, -0.15) is 0 Å². The number of rotatable bonds is 11. The topological polar surface area (TPSA) is 67.9 Å². The Kier molecular flexibility index (Phi) is 8.68. The van der Waals surface area contributed by atoms with E-state index in [0.717, 1.165) is 24.4 Å². The standard InChI is InChI=1S/C23H30N2O4/c1-5-25(6-2)22(19-8-7-9-21(14-19)28-4)15-24-23(27)16-29-20-12-10-18(11-13-20)17(3)26/h7-14,22H,5-6,15-16H2,1-4H3,(H,24,27). The summed E-state index contributed by atoms with van der Waals surface area (Å²) < 4.78 is 10.9. The zero-order chi connectivity index (χ0) is 21.2. The predicted molar refractivity (Wildman–Crippen MR) is 114 cm³/mol. The molecule has 6 nitrogen and oxygen atoms in total. The van der Waals surface area contributed by atoms with Crippen LogP contribution in [-0.2, 0) is 4.79 Å². The number of amides is 1. The Bertz CT molecular complexity index is 801. The first-order valence-electron chi connectivity index (χ1n) is 9.87. The number of carbonyl (C=O) groups is 2. The molecule has 0 heterocycles. The molecule has 0 aliphatic carbocycles. The molecule has 0 spiro atoms. The third-order valence-corrected chi connectivity index (χ3v) is 4.86. The fourth-order valence-electron chi connectivity index (χ4n) is 3.17. The minimum Gasteiger partial charge on any atom is -0.497 e. The van der Waals surface area contributed by atoms with E-state index >= 15 is 0 Å². The first-order chi connectivity index (χ1) is 14.0. The maximum Gasteiger partial charge on any atom is 0.258 e. The Balaban J connectivity index is 1.96. The summed E-state index contributed by atoms with van der Waals surface area (Å²) in [5.74, 6) is 1.15. The number of ether oxygens (including phenoxy) is 2. The molecule has 0 saturated heterocycles. The van der Waals surface area contributed by atoms with Gasteiger partial charge in [0.25, 0.3) is 5.91 Å². The lowest BCUT2D eigenvalue weighted by Gasteiger charge is -2.30. The fourth-order valence-corrected chi connectivity index (χ4v) is 3.17. The van der Waals surface area contributed by atoms with Crippen molar-refractivity contribution in [3.63, 3.8) is 0 Å². The van der Waals surface area contributed by atoms with Crippen molar-refractivity contribution in [2.45, 2.75) is 26.8 Å². The lowest BCUT2D eigenvalue weighted by molar-refractivity contribution is -0.123. The number of ketones is 1. The van der Waals surface area contributed by atoms with Crippen LogP contribution in [0.2, 0.25) is 0 Å². The van der Waals surface area contributed by atoms with E-state index in [1.807, 2.05) is 24.3 Å². The van der Waals surface area contributed by atoms with Gasteiger partial charge in [-0.15, -0.1) is 0 Å². The molecule has 2 aromatic rings. The van der Waals surface area contributed by atoms with Crippen LogP contribution in [0.25, 0.3) is 0 Å². The van der Waals surface area contributed by atoms with E-state index in [9.17, 15) is 9.59 Å². The summed E-state index contributed by atoms with van der Waals surface area (Å²) in [6.45, 7) is 7.85. The van der Waals surface area contributed by atoms with Crippen LogP contribution in [0, 0.1) is 0 Å². The number of nitrogens with zero attached hydrogens (tertiary/aromatic N) is 1. The average molecular weight is 399 g/mol. The summed E-state index contributed by atoms with van der Waals surface area (Å²) in [6.07, 6.45) is 0. The van der Waals surface area contributed by atoms with E-state index in [-0.39, 0.29) is 24.3 Å². The second kappa shape index (κ2) is 11.2. The highest BCUT2D eigenvalue weighted by molar-refractivity contribution is 5.94. The number of likely N-dealkylation sites (N-methyl/N-ethyl adjacent to an activating group) is 1. The molecule has 2 rings (SSSR count). The summed E-state index contributed by atoms with van der Waals surface area (Å²) in [7, 11) is 1.65. The van der Waals surface area contributed by atoms with Crippen molar-refractivity contribution in [3.8, 4) is 11.5 Å². The Hall–Kier alpha value is -2.86. The molecule has 0 fully saturated rings. The minimum atomic E-state index is -0.194. The highest BCUT2D eigenvalue weighted by atomic mass is 16.5. The van der Waals surface area contributed by atoms with Crippen molar-refractivity contribution in [1.29, 1.82) is 0 Å². The van der Waals surface area contributed by atoms with Gasteiger partial charge in [0.2, 0.25) is 0 Å². The lowest BCUT2D eigenvalue weighted by atomic mass is 10.0. The Morgan fingerprint density at radius 3 is 2.31 bits per heavy atom. The molecular weight excluding hydrogens is 368 g/mol. The van der Waals surface area contributed by atoms with E-state index in [0.29, 0.717) is 17.9 Å². The molecule has 156 valence electrons. The van der Waals surface area contributed by atoms with E-state index in [4.69, 9.17) is 9.47 Å². The zero-order valence-corrected chi connectivity index (χ0v) is 17.6. The van der Waals surface area contributed by atoms with Crippen LogP contribution in [0.4, 0.5) is 0 Å². The zero-order valence-electron chi connectivity index (χ0n) is 17.6. The van der Waals surface area contributed by atoms with Gasteiger partial charge in [0.05, 0.1) is 13.2 Å². The van der Waals surface area contributed by atoms with Crippen LogP contribution < -0.4 is 14.8 Å². The van der Waals surface area contributed by atoms with Crippen molar-refractivity contribution in [2.24, 2.45) is 0 Å². The van der Waals surface area contributed by atoms with Gasteiger partial charge in [-0.05, 0) is 62.0 Å². The van der Waals surface area contributed by atoms with Gasteiger partial charge in [0.15, 0.2) is 12.4 Å². The molecule has 2 aromatic carbocycles. The smallest absolute Gasteiger partial charge is 0.258 e. The van der Waals surface area contributed by atoms with Crippen molar-refractivity contribution in [3.05, 3.63) is 59.7 Å². The Morgan fingerprint density at radius 2 is 1.72 bits per heavy atom. The number of methoxy groups -OCH3 is 1. The Labute approximate surface area is 172 Å². The second-order valence-corrected chi connectivity index (χ2v) is 6.69. The molecule has 1 atom stereocenters. The van der Waals surface area contributed by atoms with Crippen LogP contribution in [0.5, 0.6) is 11.5 Å².